The summed E-state index contributed by atoms with van der Waals surface area (Å²) < 4.78 is 28.1. The van der Waals surface area contributed by atoms with Crippen LogP contribution in [-0.4, -0.2) is 54.9 Å². The summed E-state index contributed by atoms with van der Waals surface area (Å²) >= 11 is 0. The predicted molar refractivity (Wildman–Crippen MR) is 77.1 cm³/mol. The van der Waals surface area contributed by atoms with Gasteiger partial charge in [0.05, 0.1) is 6.61 Å². The van der Waals surface area contributed by atoms with Gasteiger partial charge in [0.2, 0.25) is 0 Å². The largest absolute Gasteiger partial charge is 0.395 e. The number of hydrogen-bond donors (Lipinski definition) is 1. The molecule has 0 aromatic carbocycles. The third-order valence-electron chi connectivity index (χ3n) is 3.82. The van der Waals surface area contributed by atoms with Gasteiger partial charge < -0.3 is 5.11 Å². The summed E-state index contributed by atoms with van der Waals surface area (Å²) in [5, 5.41) is 9.16. The minimum atomic E-state index is -3.43. The van der Waals surface area contributed by atoms with Crippen LogP contribution in [0.1, 0.15) is 51.9 Å². The lowest BCUT2D eigenvalue weighted by molar-refractivity contribution is 0.190. The van der Waals surface area contributed by atoms with Crippen LogP contribution in [0, 0.1) is 0 Å². The van der Waals surface area contributed by atoms with Crippen molar-refractivity contribution in [3.8, 4) is 0 Å². The first-order chi connectivity index (χ1) is 9.04. The first kappa shape index (κ1) is 16.9. The number of aliphatic hydroxyl groups is 1. The van der Waals surface area contributed by atoms with Crippen LogP contribution in [0.3, 0.4) is 0 Å². The highest BCUT2D eigenvalue weighted by Gasteiger charge is 2.33. The van der Waals surface area contributed by atoms with E-state index in [0.29, 0.717) is 6.54 Å². The summed E-state index contributed by atoms with van der Waals surface area (Å²) in [5.41, 5.74) is 0. The lowest BCUT2D eigenvalue weighted by Gasteiger charge is -2.35. The molecule has 1 N–H and O–H groups in total. The molecular weight excluding hydrogens is 264 g/mol. The van der Waals surface area contributed by atoms with E-state index in [1.165, 1.54) is 15.0 Å². The maximum atomic E-state index is 12.6. The van der Waals surface area contributed by atoms with Crippen molar-refractivity contribution in [2.45, 2.75) is 57.9 Å². The zero-order valence-corrected chi connectivity index (χ0v) is 13.0. The summed E-state index contributed by atoms with van der Waals surface area (Å²) in [6.07, 6.45) is 7.04. The normalized spacial score (nSPS) is 18.4. The molecule has 0 atom stereocenters. The van der Waals surface area contributed by atoms with E-state index in [2.05, 4.69) is 0 Å². The molecule has 6 heteroatoms. The van der Waals surface area contributed by atoms with Gasteiger partial charge in [-0.2, -0.15) is 17.0 Å². The molecule has 0 aliphatic heterocycles. The maximum absolute atomic E-state index is 12.6. The van der Waals surface area contributed by atoms with E-state index in [-0.39, 0.29) is 19.2 Å². The van der Waals surface area contributed by atoms with Crippen molar-refractivity contribution in [1.82, 2.24) is 8.61 Å². The summed E-state index contributed by atoms with van der Waals surface area (Å²) in [5.74, 6) is 0. The number of nitrogens with zero attached hydrogens (tertiary/aromatic N) is 2. The number of aliphatic hydroxyl groups excluding tert-OH is 1. The van der Waals surface area contributed by atoms with E-state index in [1.54, 1.807) is 7.05 Å². The lowest BCUT2D eigenvalue weighted by atomic mass is 9.95. The number of hydrogen-bond acceptors (Lipinski definition) is 3. The molecule has 1 rings (SSSR count). The molecule has 1 aliphatic carbocycles. The van der Waals surface area contributed by atoms with Gasteiger partial charge >= 0.3 is 0 Å². The first-order valence-corrected chi connectivity index (χ1v) is 8.77. The highest BCUT2D eigenvalue weighted by molar-refractivity contribution is 7.86. The average molecular weight is 292 g/mol. The molecule has 0 radical (unpaired) electrons. The van der Waals surface area contributed by atoms with Crippen LogP contribution < -0.4 is 0 Å². The molecule has 0 unspecified atom stereocenters. The van der Waals surface area contributed by atoms with Crippen LogP contribution in [-0.2, 0) is 10.2 Å². The van der Waals surface area contributed by atoms with E-state index >= 15 is 0 Å². The van der Waals surface area contributed by atoms with Crippen LogP contribution in [0.5, 0.6) is 0 Å². The fourth-order valence-corrected chi connectivity index (χ4v) is 4.25. The molecule has 5 nitrogen and oxygen atoms in total. The second kappa shape index (κ2) is 8.19. The van der Waals surface area contributed by atoms with E-state index in [0.717, 1.165) is 38.5 Å². The Balaban J connectivity index is 2.77. The Bertz CT molecular complexity index is 340. The van der Waals surface area contributed by atoms with Crippen molar-refractivity contribution >= 4 is 10.2 Å². The Morgan fingerprint density at radius 3 is 2.32 bits per heavy atom. The Labute approximate surface area is 117 Å². The van der Waals surface area contributed by atoms with E-state index in [9.17, 15) is 8.42 Å². The Morgan fingerprint density at radius 1 is 1.16 bits per heavy atom. The quantitative estimate of drug-likeness (QED) is 0.739. The van der Waals surface area contributed by atoms with Crippen LogP contribution in [0.25, 0.3) is 0 Å². The van der Waals surface area contributed by atoms with Gasteiger partial charge in [0.25, 0.3) is 10.2 Å². The fraction of sp³-hybridized carbons (Fsp3) is 1.00. The number of rotatable bonds is 8. The van der Waals surface area contributed by atoms with Gasteiger partial charge in [-0.05, 0) is 19.3 Å². The van der Waals surface area contributed by atoms with Crippen LogP contribution in [0.2, 0.25) is 0 Å². The minimum Gasteiger partial charge on any atom is -0.395 e. The molecular formula is C13H28N2O3S. The molecule has 1 aliphatic rings. The van der Waals surface area contributed by atoms with Crippen LogP contribution >= 0.6 is 0 Å². The second-order valence-electron chi connectivity index (χ2n) is 5.31. The van der Waals surface area contributed by atoms with Gasteiger partial charge in [-0.15, -0.1) is 0 Å². The molecule has 1 fully saturated rings. The van der Waals surface area contributed by atoms with Crippen LogP contribution in [0.15, 0.2) is 0 Å². The number of unbranched alkanes of at least 4 members (excludes halogenated alkanes) is 1. The Morgan fingerprint density at radius 2 is 1.79 bits per heavy atom. The van der Waals surface area contributed by atoms with Crippen molar-refractivity contribution in [1.29, 1.82) is 0 Å². The SMILES string of the molecule is CCCCN(C)S(=O)(=O)N(CCO)C1CCCCC1. The van der Waals surface area contributed by atoms with Gasteiger partial charge in [-0.1, -0.05) is 32.6 Å². The highest BCUT2D eigenvalue weighted by atomic mass is 32.2. The van der Waals surface area contributed by atoms with Gasteiger partial charge in [0, 0.05) is 26.2 Å². The third kappa shape index (κ3) is 4.70. The van der Waals surface area contributed by atoms with Gasteiger partial charge in [-0.3, -0.25) is 0 Å². The zero-order valence-electron chi connectivity index (χ0n) is 12.2. The first-order valence-electron chi connectivity index (χ1n) is 7.38. The summed E-state index contributed by atoms with van der Waals surface area (Å²) in [4.78, 5) is 0. The molecule has 0 bridgehead atoms. The van der Waals surface area contributed by atoms with Crippen molar-refractivity contribution in [2.24, 2.45) is 0 Å². The molecule has 19 heavy (non-hydrogen) atoms. The van der Waals surface area contributed by atoms with Gasteiger partial charge in [0.1, 0.15) is 0 Å². The summed E-state index contributed by atoms with van der Waals surface area (Å²) in [7, 11) is -1.79. The maximum Gasteiger partial charge on any atom is 0.282 e. The second-order valence-corrected chi connectivity index (χ2v) is 7.30. The molecule has 1 saturated carbocycles. The molecule has 0 amide bonds. The zero-order chi connectivity index (χ0) is 14.3. The Kier molecular flexibility index (Phi) is 7.28. The average Bonchev–Trinajstić information content (AvgIpc) is 2.42. The molecule has 0 heterocycles. The smallest absolute Gasteiger partial charge is 0.282 e. The molecule has 0 aromatic heterocycles. The molecule has 0 aromatic rings. The van der Waals surface area contributed by atoms with Crippen molar-refractivity contribution in [3.05, 3.63) is 0 Å². The fourth-order valence-electron chi connectivity index (χ4n) is 2.63. The third-order valence-corrected chi connectivity index (χ3v) is 5.86. The van der Waals surface area contributed by atoms with E-state index < -0.39 is 10.2 Å². The topological polar surface area (TPSA) is 60.9 Å². The van der Waals surface area contributed by atoms with E-state index in [1.807, 2.05) is 6.92 Å². The van der Waals surface area contributed by atoms with Gasteiger partial charge in [0.15, 0.2) is 0 Å². The standard InChI is InChI=1S/C13H28N2O3S/c1-3-4-10-14(2)19(17,18)15(11-12-16)13-8-6-5-7-9-13/h13,16H,3-12H2,1-2H3. The van der Waals surface area contributed by atoms with Crippen molar-refractivity contribution in [3.63, 3.8) is 0 Å². The molecule has 0 saturated heterocycles. The summed E-state index contributed by atoms with van der Waals surface area (Å²) in [6, 6.07) is 0.0648. The van der Waals surface area contributed by atoms with Crippen molar-refractivity contribution < 1.29 is 13.5 Å². The van der Waals surface area contributed by atoms with E-state index in [4.69, 9.17) is 5.11 Å². The molecule has 114 valence electrons. The van der Waals surface area contributed by atoms with Crippen LogP contribution in [0.4, 0.5) is 0 Å². The molecule has 0 spiro atoms. The summed E-state index contributed by atoms with van der Waals surface area (Å²) in [6.45, 7) is 2.70. The monoisotopic (exact) mass is 292 g/mol. The van der Waals surface area contributed by atoms with Crippen molar-refractivity contribution in [2.75, 3.05) is 26.7 Å². The lowest BCUT2D eigenvalue weighted by Crippen LogP contribution is -2.49. The van der Waals surface area contributed by atoms with Gasteiger partial charge in [-0.25, -0.2) is 0 Å². The highest BCUT2D eigenvalue weighted by Crippen LogP contribution is 2.25. The predicted octanol–water partition coefficient (Wildman–Crippen LogP) is 1.59. The Hall–Kier alpha value is -0.170. The minimum absolute atomic E-state index is 0.0648.